The molecule has 29 heavy (non-hydrogen) atoms. The highest BCUT2D eigenvalue weighted by Crippen LogP contribution is 2.60. The molecule has 6 nitrogen and oxygen atoms in total. The molecule has 154 valence electrons. The first kappa shape index (κ1) is 19.1. The highest BCUT2D eigenvalue weighted by Gasteiger charge is 2.60. The Morgan fingerprint density at radius 3 is 2.90 bits per heavy atom. The van der Waals surface area contributed by atoms with Crippen LogP contribution in [-0.4, -0.2) is 49.4 Å². The molecule has 2 fully saturated rings. The Labute approximate surface area is 172 Å². The summed E-state index contributed by atoms with van der Waals surface area (Å²) in [7, 11) is -0.808. The van der Waals surface area contributed by atoms with Crippen molar-refractivity contribution in [3.05, 3.63) is 24.0 Å². The van der Waals surface area contributed by atoms with E-state index in [-0.39, 0.29) is 11.5 Å². The first-order valence-electron chi connectivity index (χ1n) is 11.0. The van der Waals surface area contributed by atoms with Crippen molar-refractivity contribution in [3.63, 3.8) is 0 Å². The fourth-order valence-electron chi connectivity index (χ4n) is 6.59. The van der Waals surface area contributed by atoms with Crippen molar-refractivity contribution in [2.45, 2.75) is 71.4 Å². The molecule has 2 aromatic heterocycles. The van der Waals surface area contributed by atoms with Gasteiger partial charge in [-0.2, -0.15) is 5.10 Å². The van der Waals surface area contributed by atoms with Gasteiger partial charge in [-0.15, -0.1) is 0 Å². The Hall–Kier alpha value is -1.86. The van der Waals surface area contributed by atoms with Crippen molar-refractivity contribution in [1.82, 2.24) is 14.9 Å². The lowest BCUT2D eigenvalue weighted by Crippen LogP contribution is -2.56. The van der Waals surface area contributed by atoms with Crippen molar-refractivity contribution >= 4 is 29.3 Å². The molecule has 0 radical (unpaired) electrons. The summed E-state index contributed by atoms with van der Waals surface area (Å²) in [6, 6.07) is 2.10. The predicted molar refractivity (Wildman–Crippen MR) is 116 cm³/mol. The van der Waals surface area contributed by atoms with Crippen molar-refractivity contribution in [3.8, 4) is 0 Å². The van der Waals surface area contributed by atoms with Crippen LogP contribution in [0.3, 0.4) is 0 Å². The van der Waals surface area contributed by atoms with Crippen molar-refractivity contribution in [2.24, 2.45) is 22.4 Å². The zero-order valence-corrected chi connectivity index (χ0v) is 17.8. The number of hydrazone groups is 1. The van der Waals surface area contributed by atoms with Crippen LogP contribution in [0, 0.1) is 17.3 Å². The molecule has 0 amide bonds. The van der Waals surface area contributed by atoms with E-state index in [2.05, 4.69) is 37.7 Å². The molecule has 0 saturated heterocycles. The molecule has 2 bridgehead atoms. The summed E-state index contributed by atoms with van der Waals surface area (Å²) < 4.78 is 0. The molecule has 2 saturated carbocycles. The van der Waals surface area contributed by atoms with Crippen LogP contribution >= 0.6 is 0 Å². The molecule has 0 unspecified atom stereocenters. The second-order valence-electron chi connectivity index (χ2n) is 9.98. The molecule has 3 aliphatic rings. The van der Waals surface area contributed by atoms with Gasteiger partial charge in [0.05, 0.1) is 11.3 Å². The Balaban J connectivity index is 1.77. The summed E-state index contributed by atoms with van der Waals surface area (Å²) in [5.74, 6) is 0.923. The number of rotatable bonds is 3. The van der Waals surface area contributed by atoms with Crippen LogP contribution in [0.15, 0.2) is 23.6 Å². The van der Waals surface area contributed by atoms with Crippen LogP contribution in [0.2, 0.25) is 0 Å². The Kier molecular flexibility index (Phi) is 4.17. The number of aromatic amines is 1. The van der Waals surface area contributed by atoms with Gasteiger partial charge in [0.15, 0.2) is 0 Å². The van der Waals surface area contributed by atoms with Crippen molar-refractivity contribution < 1.29 is 10.1 Å². The zero-order valence-electron chi connectivity index (χ0n) is 17.8. The standard InChI is InChI=1S/C22H31BN4O2/c1-5-22(12-21(28)9-14(4)8-15(22)10-21)19-18-16-6-7-24-20(16)25-11-17(18)23(29)27(26-19)13(2)3/h6-7,11,13-15,28-29H,5,8-10,12H2,1-4H3,(H,24,25)/t14-,15+,21+,22-/m1/s1. The fraction of sp³-hybridized carbons (Fsp3) is 0.636. The third kappa shape index (κ3) is 2.63. The van der Waals surface area contributed by atoms with Gasteiger partial charge in [-0.1, -0.05) is 13.8 Å². The number of aliphatic hydroxyl groups is 1. The molecule has 7 heteroatoms. The van der Waals surface area contributed by atoms with E-state index in [1.807, 2.05) is 17.2 Å². The van der Waals surface area contributed by atoms with Gasteiger partial charge in [0, 0.05) is 40.3 Å². The summed E-state index contributed by atoms with van der Waals surface area (Å²) in [6.07, 6.45) is 8.23. The maximum atomic E-state index is 11.4. The zero-order chi connectivity index (χ0) is 20.6. The summed E-state index contributed by atoms with van der Waals surface area (Å²) >= 11 is 0. The first-order chi connectivity index (χ1) is 13.8. The van der Waals surface area contributed by atoms with Gasteiger partial charge in [0.25, 0.3) is 0 Å². The summed E-state index contributed by atoms with van der Waals surface area (Å²) in [5.41, 5.74) is 2.91. The van der Waals surface area contributed by atoms with Gasteiger partial charge in [-0.05, 0) is 63.9 Å². The Bertz CT molecular complexity index is 988. The molecule has 5 rings (SSSR count). The van der Waals surface area contributed by atoms with Crippen LogP contribution in [0.4, 0.5) is 0 Å². The van der Waals surface area contributed by atoms with E-state index in [9.17, 15) is 10.1 Å². The van der Waals surface area contributed by atoms with Crippen LogP contribution in [0.1, 0.15) is 65.4 Å². The smallest absolute Gasteiger partial charge is 0.428 e. The molecule has 4 atom stereocenters. The molecular weight excluding hydrogens is 363 g/mol. The highest BCUT2D eigenvalue weighted by molar-refractivity contribution is 6.66. The predicted octanol–water partition coefficient (Wildman–Crippen LogP) is 2.65. The SMILES string of the molecule is CC[C@@]1(C2=NN(C(C)C)B(O)c3cnc4[nH]ccc4c32)C[C@]2(O)C[C@H](C)C[C@H]1C2. The summed E-state index contributed by atoms with van der Waals surface area (Å²) in [4.78, 5) is 9.57. The maximum absolute atomic E-state index is 11.4. The number of pyridine rings is 1. The number of nitrogens with one attached hydrogen (secondary N) is 1. The Morgan fingerprint density at radius 1 is 1.38 bits per heavy atom. The largest absolute Gasteiger partial charge is 0.468 e. The van der Waals surface area contributed by atoms with E-state index in [1.54, 1.807) is 6.20 Å². The second kappa shape index (κ2) is 6.32. The van der Waals surface area contributed by atoms with Gasteiger partial charge >= 0.3 is 7.05 Å². The number of nitrogens with zero attached hydrogens (tertiary/aromatic N) is 3. The van der Waals surface area contributed by atoms with Crippen LogP contribution in [-0.2, 0) is 0 Å². The van der Waals surface area contributed by atoms with Crippen LogP contribution in [0.25, 0.3) is 11.0 Å². The second-order valence-corrected chi connectivity index (χ2v) is 9.98. The molecular formula is C22H31BN4O2. The normalized spacial score (nSPS) is 34.1. The van der Waals surface area contributed by atoms with E-state index in [0.29, 0.717) is 11.8 Å². The lowest BCUT2D eigenvalue weighted by Gasteiger charge is -2.42. The average Bonchev–Trinajstić information content (AvgIpc) is 3.21. The van der Waals surface area contributed by atoms with Crippen LogP contribution in [0.5, 0.6) is 0 Å². The number of fused-ring (bicyclic) bond motifs is 5. The van der Waals surface area contributed by atoms with Gasteiger partial charge in [0.2, 0.25) is 0 Å². The fourth-order valence-corrected chi connectivity index (χ4v) is 6.59. The van der Waals surface area contributed by atoms with Gasteiger partial charge in [0.1, 0.15) is 5.65 Å². The maximum Gasteiger partial charge on any atom is 0.468 e. The topological polar surface area (TPSA) is 84.7 Å². The molecule has 3 heterocycles. The first-order valence-corrected chi connectivity index (χ1v) is 11.0. The van der Waals surface area contributed by atoms with Gasteiger partial charge in [-0.25, -0.2) is 4.98 Å². The minimum Gasteiger partial charge on any atom is -0.428 e. The molecule has 0 spiro atoms. The molecule has 1 aliphatic heterocycles. The van der Waals surface area contributed by atoms with E-state index in [1.165, 1.54) is 0 Å². The lowest BCUT2D eigenvalue weighted by atomic mass is 9.61. The quantitative estimate of drug-likeness (QED) is 0.699. The van der Waals surface area contributed by atoms with Gasteiger partial charge < -0.3 is 20.0 Å². The minimum atomic E-state index is -0.808. The van der Waals surface area contributed by atoms with Crippen molar-refractivity contribution in [1.29, 1.82) is 0 Å². The molecule has 2 aromatic rings. The van der Waals surface area contributed by atoms with E-state index in [4.69, 9.17) is 5.10 Å². The summed E-state index contributed by atoms with van der Waals surface area (Å²) in [6.45, 7) is 8.60. The number of H-pyrrole nitrogens is 1. The van der Waals surface area contributed by atoms with E-state index < -0.39 is 12.7 Å². The molecule has 2 aliphatic carbocycles. The van der Waals surface area contributed by atoms with Crippen molar-refractivity contribution in [2.75, 3.05) is 0 Å². The number of aromatic nitrogens is 2. The van der Waals surface area contributed by atoms with E-state index >= 15 is 0 Å². The Morgan fingerprint density at radius 2 is 2.17 bits per heavy atom. The minimum absolute atomic E-state index is 0.0618. The van der Waals surface area contributed by atoms with E-state index in [0.717, 1.165) is 59.9 Å². The molecule has 3 N–H and O–H groups in total. The average molecular weight is 394 g/mol. The monoisotopic (exact) mass is 394 g/mol. The van der Waals surface area contributed by atoms with Gasteiger partial charge in [-0.3, -0.25) is 0 Å². The molecule has 0 aromatic carbocycles. The third-order valence-corrected chi connectivity index (χ3v) is 7.70. The summed E-state index contributed by atoms with van der Waals surface area (Å²) in [5, 5.41) is 28.6. The third-order valence-electron chi connectivity index (χ3n) is 7.70. The number of hydrogen-bond acceptors (Lipinski definition) is 5. The lowest BCUT2D eigenvalue weighted by molar-refractivity contribution is 0.00141. The van der Waals surface area contributed by atoms with Crippen LogP contribution < -0.4 is 5.46 Å². The highest BCUT2D eigenvalue weighted by atomic mass is 16.3. The number of hydrogen-bond donors (Lipinski definition) is 3.